The highest BCUT2D eigenvalue weighted by Crippen LogP contribution is 2.41. The summed E-state index contributed by atoms with van der Waals surface area (Å²) in [5.41, 5.74) is 14.2. The van der Waals surface area contributed by atoms with E-state index in [1.165, 1.54) is 22.3 Å². The molecule has 104 heavy (non-hydrogen) atoms. The average molecular weight is 1350 g/mol. The predicted octanol–water partition coefficient (Wildman–Crippen LogP) is 21.3. The van der Waals surface area contributed by atoms with Crippen LogP contribution < -0.4 is 18.9 Å². The van der Waals surface area contributed by atoms with E-state index >= 15 is 0 Å². The van der Waals surface area contributed by atoms with Gasteiger partial charge in [0.2, 0.25) is 0 Å². The van der Waals surface area contributed by atoms with Crippen molar-refractivity contribution in [2.24, 2.45) is 39.9 Å². The quantitative estimate of drug-likeness (QED) is 0.0951. The predicted molar refractivity (Wildman–Crippen MR) is 418 cm³/mol. The van der Waals surface area contributed by atoms with E-state index in [4.69, 9.17) is 58.9 Å². The van der Waals surface area contributed by atoms with Gasteiger partial charge < -0.3 is 18.9 Å². The van der Waals surface area contributed by atoms with Crippen LogP contribution in [0.15, 0.2) is 331 Å². The van der Waals surface area contributed by atoms with Crippen LogP contribution in [-0.4, -0.2) is 46.7 Å². The summed E-state index contributed by atoms with van der Waals surface area (Å²) in [6.07, 6.45) is 0. The number of benzene rings is 12. The molecule has 5 aliphatic rings. The number of aliphatic imine (C=N–C) groups is 8. The molecule has 0 aromatic heterocycles. The van der Waals surface area contributed by atoms with Gasteiger partial charge in [-0.05, 0) is 166 Å². The zero-order valence-electron chi connectivity index (χ0n) is 58.9. The van der Waals surface area contributed by atoms with E-state index in [2.05, 4.69) is 201 Å². The van der Waals surface area contributed by atoms with Gasteiger partial charge in [0.05, 0.1) is 0 Å². The van der Waals surface area contributed by atoms with Crippen LogP contribution in [0.5, 0.6) is 46.0 Å². The molecule has 12 heteroatoms. The molecular weight excluding hydrogens is 1280 g/mol. The number of ether oxygens (including phenoxy) is 4. The molecule has 5 aliphatic heterocycles. The molecule has 5 heterocycles. The fraction of sp³-hybridized carbons (Fsp3) is 0.130. The van der Waals surface area contributed by atoms with Crippen molar-refractivity contribution < 1.29 is 18.9 Å². The third kappa shape index (κ3) is 12.1. The number of hydrogen-bond acceptors (Lipinski definition) is 12. The second kappa shape index (κ2) is 25.7. The van der Waals surface area contributed by atoms with Crippen molar-refractivity contribution in [3.63, 3.8) is 0 Å². The van der Waals surface area contributed by atoms with Gasteiger partial charge in [0.25, 0.3) is 0 Å². The highest BCUT2D eigenvalue weighted by atomic mass is 16.5. The normalized spacial score (nSPS) is 14.2. The molecule has 17 rings (SSSR count). The fourth-order valence-electron chi connectivity index (χ4n) is 14.2. The Hall–Kier alpha value is -12.8. The van der Waals surface area contributed by atoms with Crippen molar-refractivity contribution in [3.8, 4) is 46.0 Å². The Bertz CT molecular complexity index is 5660. The molecule has 8 bridgehead atoms. The minimum Gasteiger partial charge on any atom is -0.457 e. The van der Waals surface area contributed by atoms with Crippen molar-refractivity contribution >= 4 is 46.7 Å². The largest absolute Gasteiger partial charge is 0.457 e. The van der Waals surface area contributed by atoms with Gasteiger partial charge in [-0.1, -0.05) is 225 Å². The summed E-state index contributed by atoms with van der Waals surface area (Å²) in [6, 6.07) is 98.7. The molecular formula is C92H72N8O4. The van der Waals surface area contributed by atoms with E-state index in [0.29, 0.717) is 126 Å². The van der Waals surface area contributed by atoms with E-state index in [1.54, 1.807) is 0 Å². The summed E-state index contributed by atoms with van der Waals surface area (Å²) in [5.74, 6) is 8.01. The van der Waals surface area contributed by atoms with Gasteiger partial charge in [-0.15, -0.1) is 0 Å². The summed E-state index contributed by atoms with van der Waals surface area (Å²) >= 11 is 0. The molecule has 12 aromatic carbocycles. The van der Waals surface area contributed by atoms with Gasteiger partial charge in [0.1, 0.15) is 46.0 Å². The van der Waals surface area contributed by atoms with Crippen molar-refractivity contribution in [3.05, 3.63) is 380 Å². The van der Waals surface area contributed by atoms with Crippen molar-refractivity contribution in [1.29, 1.82) is 0 Å². The van der Waals surface area contributed by atoms with Crippen LogP contribution in [0.1, 0.15) is 144 Å². The zero-order valence-corrected chi connectivity index (χ0v) is 58.9. The van der Waals surface area contributed by atoms with Gasteiger partial charge in [-0.3, -0.25) is 0 Å². The second-order valence-corrected chi connectivity index (χ2v) is 28.8. The van der Waals surface area contributed by atoms with Crippen molar-refractivity contribution in [1.82, 2.24) is 0 Å². The van der Waals surface area contributed by atoms with Crippen molar-refractivity contribution in [2.75, 3.05) is 0 Å². The van der Waals surface area contributed by atoms with Gasteiger partial charge in [-0.2, -0.15) is 0 Å². The first-order chi connectivity index (χ1) is 50.4. The molecule has 0 saturated carbocycles. The minimum atomic E-state index is -0.234. The Labute approximate surface area is 605 Å². The molecule has 0 fully saturated rings. The summed E-state index contributed by atoms with van der Waals surface area (Å²) < 4.78 is 26.9. The molecule has 0 unspecified atom stereocenters. The molecule has 0 atom stereocenters. The topological polar surface area (TPSA) is 136 Å². The Morgan fingerprint density at radius 3 is 0.500 bits per heavy atom. The number of rotatable bonds is 16. The van der Waals surface area contributed by atoms with Gasteiger partial charge >= 0.3 is 0 Å². The molecule has 12 aromatic rings. The van der Waals surface area contributed by atoms with Gasteiger partial charge in [0.15, 0.2) is 46.7 Å². The third-order valence-corrected chi connectivity index (χ3v) is 20.8. The van der Waals surface area contributed by atoms with E-state index in [-0.39, 0.29) is 21.7 Å². The van der Waals surface area contributed by atoms with Crippen LogP contribution in [-0.2, 0) is 21.7 Å². The van der Waals surface area contributed by atoms with Gasteiger partial charge in [-0.25, -0.2) is 39.9 Å². The highest BCUT2D eigenvalue weighted by Gasteiger charge is 2.34. The maximum atomic E-state index is 6.72. The molecule has 0 amide bonds. The maximum absolute atomic E-state index is 6.72. The van der Waals surface area contributed by atoms with Crippen LogP contribution in [0.2, 0.25) is 0 Å². The van der Waals surface area contributed by atoms with Crippen LogP contribution in [0.25, 0.3) is 0 Å². The number of fused-ring (bicyclic) bond motifs is 16. The Kier molecular flexibility index (Phi) is 15.9. The lowest BCUT2D eigenvalue weighted by Crippen LogP contribution is -2.18. The molecule has 504 valence electrons. The third-order valence-electron chi connectivity index (χ3n) is 20.8. The Balaban J connectivity index is 0.779. The lowest BCUT2D eigenvalue weighted by Gasteiger charge is -2.26. The van der Waals surface area contributed by atoms with Crippen molar-refractivity contribution in [2.45, 2.75) is 77.0 Å². The smallest absolute Gasteiger partial charge is 0.164 e. The highest BCUT2D eigenvalue weighted by molar-refractivity contribution is 6.35. The standard InChI is InChI=1S/C92H72N8O4/c1-89(2,57-21-13-9-14-22-57)61-29-37-65(38-30-61)101-69-45-49-73-77(53-69)85-94-81(73)93-82-74-50-46-71(103-67-41-33-63(34-42-67)91(5,6)59-25-17-11-18-26-59)55-79(74)87(95-82)100-88-80-56-72(104-68-43-35-64(36-44-68)92(7,8)60-27-19-12-20-28-60)48-52-76(80)84(99-88)98-86-78-54-70(47-51-75(78)83(96-85)97-86)102-66-39-31-62(32-40-66)90(3,4)58-23-15-10-16-24-58/h9-56H,1-8H3. The Morgan fingerprint density at radius 1 is 0.163 bits per heavy atom. The second-order valence-electron chi connectivity index (χ2n) is 28.8. The summed E-state index contributed by atoms with van der Waals surface area (Å²) in [5, 5.41) is 0. The molecule has 0 N–H and O–H groups in total. The average Bonchev–Trinajstić information content (AvgIpc) is 1.59. The van der Waals surface area contributed by atoms with Crippen LogP contribution >= 0.6 is 0 Å². The summed E-state index contributed by atoms with van der Waals surface area (Å²) in [4.78, 5) is 42.7. The van der Waals surface area contributed by atoms with Crippen LogP contribution in [0.3, 0.4) is 0 Å². The number of nitrogens with zero attached hydrogens (tertiary/aromatic N) is 8. The lowest BCUT2D eigenvalue weighted by atomic mass is 9.78. The summed E-state index contributed by atoms with van der Waals surface area (Å²) in [6.45, 7) is 17.9. The zero-order chi connectivity index (χ0) is 70.9. The molecule has 0 aliphatic carbocycles. The Morgan fingerprint density at radius 2 is 0.317 bits per heavy atom. The van der Waals surface area contributed by atoms with Gasteiger partial charge in [0, 0.05) is 66.2 Å². The van der Waals surface area contributed by atoms with Crippen LogP contribution in [0.4, 0.5) is 0 Å². The first-order valence-corrected chi connectivity index (χ1v) is 35.1. The number of amidine groups is 8. The molecule has 12 nitrogen and oxygen atoms in total. The van der Waals surface area contributed by atoms with E-state index < -0.39 is 0 Å². The maximum Gasteiger partial charge on any atom is 0.164 e. The van der Waals surface area contributed by atoms with E-state index in [9.17, 15) is 0 Å². The van der Waals surface area contributed by atoms with E-state index in [0.717, 1.165) is 33.4 Å². The first kappa shape index (κ1) is 64.6. The molecule has 0 saturated heterocycles. The molecule has 0 spiro atoms. The summed E-state index contributed by atoms with van der Waals surface area (Å²) in [7, 11) is 0. The van der Waals surface area contributed by atoms with Crippen LogP contribution in [0, 0.1) is 0 Å². The minimum absolute atomic E-state index is 0.228. The van der Waals surface area contributed by atoms with E-state index in [1.807, 2.05) is 146 Å². The fourth-order valence-corrected chi connectivity index (χ4v) is 14.2. The SMILES string of the molecule is CC(C)(c1ccccc1)c1ccc(Oc2ccc3c(c2)C2=NC3=NC3=NC(=NC4=NC(=NC5=NC(=N2)c2ccc(Oc6ccc(C(C)(C)c7ccccc7)cc6)cc25)c2ccc(Oc5ccc(C(C)(C)c6ccccc6)cc5)cc24)c2cc(Oc4ccc(C(C)(C)c5ccccc5)cc4)ccc23)cc1. The monoisotopic (exact) mass is 1350 g/mol. The first-order valence-electron chi connectivity index (χ1n) is 35.1. The molecule has 0 radical (unpaired) electrons. The number of hydrogen-bond donors (Lipinski definition) is 0. The lowest BCUT2D eigenvalue weighted by molar-refractivity contribution is 0.481.